The first-order chi connectivity index (χ1) is 10.0. The molecule has 1 aromatic rings. The summed E-state index contributed by atoms with van der Waals surface area (Å²) in [5.41, 5.74) is 6.64. The second kappa shape index (κ2) is 7.11. The third-order valence-corrected chi connectivity index (χ3v) is 4.85. The van der Waals surface area contributed by atoms with Crippen molar-refractivity contribution in [1.29, 1.82) is 0 Å². The first-order valence-electron chi connectivity index (χ1n) is 7.17. The number of hydrogen-bond donors (Lipinski definition) is 3. The summed E-state index contributed by atoms with van der Waals surface area (Å²) in [6.07, 6.45) is 3.40. The number of nitrogen functional groups attached to an aromatic ring is 1. The van der Waals surface area contributed by atoms with E-state index in [1.807, 2.05) is 0 Å². The average molecular weight is 313 g/mol. The van der Waals surface area contributed by atoms with Crippen LogP contribution in [0, 0.1) is 5.92 Å². The third-order valence-electron chi connectivity index (χ3n) is 3.40. The number of nitrogens with two attached hydrogens (primary N) is 1. The van der Waals surface area contributed by atoms with Gasteiger partial charge in [-0.3, -0.25) is 0 Å². The molecule has 0 radical (unpaired) electrons. The Morgan fingerprint density at radius 1 is 1.38 bits per heavy atom. The topological polar surface area (TPSA) is 93.5 Å². The van der Waals surface area contributed by atoms with E-state index in [1.165, 1.54) is 26.0 Å². The summed E-state index contributed by atoms with van der Waals surface area (Å²) >= 11 is 0. The monoisotopic (exact) mass is 313 g/mol. The maximum atomic E-state index is 12.0. The first kappa shape index (κ1) is 16.1. The molecule has 0 heterocycles. The van der Waals surface area contributed by atoms with Crippen molar-refractivity contribution >= 4 is 21.4 Å². The molecule has 0 aliphatic heterocycles. The molecule has 0 aromatic heterocycles. The molecule has 0 amide bonds. The van der Waals surface area contributed by atoms with Gasteiger partial charge in [-0.1, -0.05) is 0 Å². The van der Waals surface area contributed by atoms with Crippen LogP contribution in [0.25, 0.3) is 0 Å². The standard InChI is InChI=1S/C14H23N3O3S/c1-16-21(18,19)14-9-12(15)5-6-13(14)17-7-2-8-20-10-11-3-4-11/h5-6,9,11,16-17H,2-4,7-8,10,15H2,1H3. The van der Waals surface area contributed by atoms with Gasteiger partial charge in [0.25, 0.3) is 0 Å². The molecule has 118 valence electrons. The molecule has 1 aliphatic rings. The molecule has 2 rings (SSSR count). The van der Waals surface area contributed by atoms with E-state index in [-0.39, 0.29) is 4.90 Å². The van der Waals surface area contributed by atoms with Crippen molar-refractivity contribution in [3.05, 3.63) is 18.2 Å². The predicted octanol–water partition coefficient (Wildman–Crippen LogP) is 1.41. The van der Waals surface area contributed by atoms with Crippen LogP contribution < -0.4 is 15.8 Å². The second-order valence-corrected chi connectivity index (χ2v) is 7.12. The minimum absolute atomic E-state index is 0.170. The van der Waals surface area contributed by atoms with Gasteiger partial charge in [-0.2, -0.15) is 0 Å². The molecule has 7 heteroatoms. The van der Waals surface area contributed by atoms with E-state index in [4.69, 9.17) is 10.5 Å². The Balaban J connectivity index is 1.86. The van der Waals surface area contributed by atoms with Crippen molar-refractivity contribution in [2.75, 3.05) is 37.9 Å². The van der Waals surface area contributed by atoms with Crippen molar-refractivity contribution in [2.45, 2.75) is 24.2 Å². The number of rotatable bonds is 9. The maximum Gasteiger partial charge on any atom is 0.242 e. The summed E-state index contributed by atoms with van der Waals surface area (Å²) in [5.74, 6) is 0.766. The Kier molecular flexibility index (Phi) is 5.44. The van der Waals surface area contributed by atoms with Crippen molar-refractivity contribution in [2.24, 2.45) is 5.92 Å². The van der Waals surface area contributed by atoms with Crippen molar-refractivity contribution in [3.63, 3.8) is 0 Å². The molecule has 0 atom stereocenters. The molecule has 1 aromatic carbocycles. The van der Waals surface area contributed by atoms with Gasteiger partial charge in [0, 0.05) is 25.4 Å². The van der Waals surface area contributed by atoms with Gasteiger partial charge in [-0.25, -0.2) is 13.1 Å². The summed E-state index contributed by atoms with van der Waals surface area (Å²) in [6, 6.07) is 4.82. The average Bonchev–Trinajstić information content (AvgIpc) is 3.28. The summed E-state index contributed by atoms with van der Waals surface area (Å²) in [4.78, 5) is 0.170. The lowest BCUT2D eigenvalue weighted by Gasteiger charge is -2.13. The van der Waals surface area contributed by atoms with Gasteiger partial charge >= 0.3 is 0 Å². The zero-order valence-corrected chi connectivity index (χ0v) is 13.1. The number of benzene rings is 1. The summed E-state index contributed by atoms with van der Waals surface area (Å²) in [5, 5.41) is 3.13. The zero-order valence-electron chi connectivity index (χ0n) is 12.3. The fourth-order valence-corrected chi connectivity index (χ4v) is 2.89. The minimum atomic E-state index is -3.53. The van der Waals surface area contributed by atoms with Crippen molar-refractivity contribution < 1.29 is 13.2 Å². The maximum absolute atomic E-state index is 12.0. The lowest BCUT2D eigenvalue weighted by atomic mass is 10.3. The van der Waals surface area contributed by atoms with E-state index in [0.29, 0.717) is 24.5 Å². The highest BCUT2D eigenvalue weighted by Gasteiger charge is 2.21. The predicted molar refractivity (Wildman–Crippen MR) is 83.7 cm³/mol. The fraction of sp³-hybridized carbons (Fsp3) is 0.571. The quantitative estimate of drug-likeness (QED) is 0.473. The number of nitrogens with one attached hydrogen (secondary N) is 2. The van der Waals surface area contributed by atoms with Gasteiger partial charge in [0.2, 0.25) is 10.0 Å². The molecule has 4 N–H and O–H groups in total. The van der Waals surface area contributed by atoms with E-state index in [9.17, 15) is 8.42 Å². The van der Waals surface area contributed by atoms with Crippen LogP contribution in [0.1, 0.15) is 19.3 Å². The Labute approximate surface area is 126 Å². The molecule has 1 fully saturated rings. The van der Waals surface area contributed by atoms with Gasteiger partial charge in [-0.15, -0.1) is 0 Å². The van der Waals surface area contributed by atoms with E-state index < -0.39 is 10.0 Å². The Morgan fingerprint density at radius 2 is 2.14 bits per heavy atom. The smallest absolute Gasteiger partial charge is 0.242 e. The summed E-state index contributed by atoms with van der Waals surface area (Å²) in [6.45, 7) is 2.19. The SMILES string of the molecule is CNS(=O)(=O)c1cc(N)ccc1NCCCOCC1CC1. The van der Waals surface area contributed by atoms with Crippen molar-refractivity contribution in [3.8, 4) is 0 Å². The lowest BCUT2D eigenvalue weighted by Crippen LogP contribution is -2.20. The molecule has 21 heavy (non-hydrogen) atoms. The van der Waals surface area contributed by atoms with Crippen LogP contribution in [-0.2, 0) is 14.8 Å². The van der Waals surface area contributed by atoms with Gasteiger partial charge in [0.15, 0.2) is 0 Å². The molecule has 0 bridgehead atoms. The van der Waals surface area contributed by atoms with Gasteiger partial charge < -0.3 is 15.8 Å². The van der Waals surface area contributed by atoms with Crippen molar-refractivity contribution in [1.82, 2.24) is 4.72 Å². The minimum Gasteiger partial charge on any atom is -0.399 e. The Morgan fingerprint density at radius 3 is 2.81 bits per heavy atom. The molecule has 0 saturated heterocycles. The fourth-order valence-electron chi connectivity index (χ4n) is 1.95. The van der Waals surface area contributed by atoms with E-state index in [2.05, 4.69) is 10.0 Å². The highest BCUT2D eigenvalue weighted by molar-refractivity contribution is 7.89. The number of hydrogen-bond acceptors (Lipinski definition) is 5. The molecule has 0 unspecified atom stereocenters. The van der Waals surface area contributed by atoms with Gasteiger partial charge in [0.1, 0.15) is 4.90 Å². The number of sulfonamides is 1. The van der Waals surface area contributed by atoms with Crippen LogP contribution in [0.5, 0.6) is 0 Å². The highest BCUT2D eigenvalue weighted by atomic mass is 32.2. The zero-order chi connectivity index (χ0) is 15.3. The largest absolute Gasteiger partial charge is 0.399 e. The third kappa shape index (κ3) is 4.87. The molecule has 1 saturated carbocycles. The molecule has 1 aliphatic carbocycles. The number of anilines is 2. The first-order valence-corrected chi connectivity index (χ1v) is 8.66. The van der Waals surface area contributed by atoms with Crippen LogP contribution >= 0.6 is 0 Å². The number of ether oxygens (including phenoxy) is 1. The summed E-state index contributed by atoms with van der Waals surface area (Å²) < 4.78 is 31.8. The van der Waals surface area contributed by atoms with Gasteiger partial charge in [0.05, 0.1) is 5.69 Å². The van der Waals surface area contributed by atoms with Gasteiger partial charge in [-0.05, 0) is 50.4 Å². The Hall–Kier alpha value is -1.31. The highest BCUT2D eigenvalue weighted by Crippen LogP contribution is 2.28. The lowest BCUT2D eigenvalue weighted by molar-refractivity contribution is 0.124. The van der Waals surface area contributed by atoms with E-state index >= 15 is 0 Å². The normalized spacial score (nSPS) is 15.1. The molecule has 6 nitrogen and oxygen atoms in total. The van der Waals surface area contributed by atoms with E-state index in [0.717, 1.165) is 18.9 Å². The van der Waals surface area contributed by atoms with Crippen LogP contribution in [0.2, 0.25) is 0 Å². The van der Waals surface area contributed by atoms with Crippen LogP contribution in [0.3, 0.4) is 0 Å². The van der Waals surface area contributed by atoms with Crippen LogP contribution in [0.15, 0.2) is 23.1 Å². The van der Waals surface area contributed by atoms with Crippen LogP contribution in [0.4, 0.5) is 11.4 Å². The Bertz CT molecular complexity index is 571. The second-order valence-electron chi connectivity index (χ2n) is 5.26. The molecular weight excluding hydrogens is 290 g/mol. The van der Waals surface area contributed by atoms with E-state index in [1.54, 1.807) is 12.1 Å². The van der Waals surface area contributed by atoms with Crippen LogP contribution in [-0.4, -0.2) is 35.2 Å². The summed E-state index contributed by atoms with van der Waals surface area (Å²) in [7, 11) is -2.14. The molecular formula is C14H23N3O3S. The molecule has 0 spiro atoms.